The zero-order chi connectivity index (χ0) is 12.1. The van der Waals surface area contributed by atoms with E-state index in [0.717, 1.165) is 5.56 Å². The van der Waals surface area contributed by atoms with Crippen LogP contribution in [0.15, 0.2) is 18.2 Å². The molecule has 1 aromatic rings. The summed E-state index contributed by atoms with van der Waals surface area (Å²) >= 11 is 3.26. The molecule has 1 aromatic carbocycles. The monoisotopic (exact) mass is 285 g/mol. The molecule has 2 N–H and O–H groups in total. The first-order valence-corrected chi connectivity index (χ1v) is 5.82. The van der Waals surface area contributed by atoms with Crippen molar-refractivity contribution in [3.05, 3.63) is 34.9 Å². The van der Waals surface area contributed by atoms with Gasteiger partial charge in [-0.15, -0.1) is 0 Å². The maximum absolute atomic E-state index is 11.0. The zero-order valence-corrected chi connectivity index (χ0v) is 10.4. The molecule has 0 aliphatic rings. The van der Waals surface area contributed by atoms with E-state index >= 15 is 0 Å². The number of amides is 1. The van der Waals surface area contributed by atoms with Crippen LogP contribution in [0.1, 0.15) is 28.4 Å². The molecule has 0 atom stereocenters. The number of alkyl halides is 1. The Bertz CT molecular complexity index is 418. The molecule has 1 amide bonds. The Hall–Kier alpha value is -1.36. The highest BCUT2D eigenvalue weighted by Crippen LogP contribution is 2.14. The summed E-state index contributed by atoms with van der Waals surface area (Å²) in [5.74, 6) is -1.16. The number of nitrogens with one attached hydrogen (secondary N) is 1. The topological polar surface area (TPSA) is 66.4 Å². The molecule has 0 bridgehead atoms. The Labute approximate surface area is 102 Å². The lowest BCUT2D eigenvalue weighted by Crippen LogP contribution is -2.20. The summed E-state index contributed by atoms with van der Waals surface area (Å²) in [6, 6.07) is 5.16. The predicted octanol–water partition coefficient (Wildman–Crippen LogP) is 1.92. The van der Waals surface area contributed by atoms with Gasteiger partial charge in [0, 0.05) is 18.8 Å². The van der Waals surface area contributed by atoms with Crippen molar-refractivity contribution >= 4 is 27.8 Å². The van der Waals surface area contributed by atoms with Crippen LogP contribution in [-0.2, 0) is 16.7 Å². The molecular formula is C11H12BrNO3. The van der Waals surface area contributed by atoms with Crippen molar-refractivity contribution in [3.63, 3.8) is 0 Å². The number of hydrogen-bond donors (Lipinski definition) is 2. The molecule has 0 aliphatic heterocycles. The van der Waals surface area contributed by atoms with Gasteiger partial charge in [-0.25, -0.2) is 4.79 Å². The maximum Gasteiger partial charge on any atom is 0.336 e. The van der Waals surface area contributed by atoms with Gasteiger partial charge in [0.05, 0.1) is 5.56 Å². The van der Waals surface area contributed by atoms with E-state index in [-0.39, 0.29) is 18.0 Å². The molecule has 5 heteroatoms. The Balaban J connectivity index is 2.98. The number of hydrogen-bond acceptors (Lipinski definition) is 2. The lowest BCUT2D eigenvalue weighted by Gasteiger charge is -2.08. The average molecular weight is 286 g/mol. The summed E-state index contributed by atoms with van der Waals surface area (Å²) < 4.78 is 0. The molecule has 1 rings (SSSR count). The average Bonchev–Trinajstić information content (AvgIpc) is 2.25. The first-order valence-electron chi connectivity index (χ1n) is 4.70. The lowest BCUT2D eigenvalue weighted by atomic mass is 10.0. The van der Waals surface area contributed by atoms with Gasteiger partial charge in [0.1, 0.15) is 0 Å². The number of benzene rings is 1. The van der Waals surface area contributed by atoms with Crippen LogP contribution in [0.5, 0.6) is 0 Å². The van der Waals surface area contributed by atoms with Crippen LogP contribution >= 0.6 is 15.9 Å². The second-order valence-electron chi connectivity index (χ2n) is 3.34. The molecule has 0 saturated heterocycles. The third-order valence-corrected chi connectivity index (χ3v) is 2.73. The third kappa shape index (κ3) is 3.34. The van der Waals surface area contributed by atoms with Crippen LogP contribution in [0.2, 0.25) is 0 Å². The van der Waals surface area contributed by atoms with Crippen molar-refractivity contribution in [3.8, 4) is 0 Å². The summed E-state index contributed by atoms with van der Waals surface area (Å²) in [5.41, 5.74) is 1.72. The Kier molecular flexibility index (Phi) is 4.49. The highest BCUT2D eigenvalue weighted by atomic mass is 79.9. The molecule has 0 spiro atoms. The normalized spacial score (nSPS) is 9.88. The molecule has 16 heavy (non-hydrogen) atoms. The minimum Gasteiger partial charge on any atom is -0.478 e. The largest absolute Gasteiger partial charge is 0.478 e. The van der Waals surface area contributed by atoms with Crippen molar-refractivity contribution in [2.45, 2.75) is 18.8 Å². The van der Waals surface area contributed by atoms with E-state index in [1.807, 2.05) is 6.07 Å². The van der Waals surface area contributed by atoms with Gasteiger partial charge in [-0.05, 0) is 17.2 Å². The molecule has 0 aliphatic carbocycles. The Morgan fingerprint density at radius 1 is 1.44 bits per heavy atom. The minimum atomic E-state index is -0.983. The summed E-state index contributed by atoms with van der Waals surface area (Å²) in [4.78, 5) is 21.8. The SMILES string of the molecule is CC(=O)NCc1ccc(CBr)cc1C(=O)O. The third-order valence-electron chi connectivity index (χ3n) is 2.09. The van der Waals surface area contributed by atoms with Crippen molar-refractivity contribution in [1.82, 2.24) is 5.32 Å². The number of carboxylic acid groups (broad SMARTS) is 1. The fourth-order valence-electron chi connectivity index (χ4n) is 1.28. The van der Waals surface area contributed by atoms with E-state index in [0.29, 0.717) is 10.9 Å². The summed E-state index contributed by atoms with van der Waals surface area (Å²) in [6.45, 7) is 1.63. The van der Waals surface area contributed by atoms with Gasteiger partial charge < -0.3 is 10.4 Å². The number of carboxylic acids is 1. The van der Waals surface area contributed by atoms with Crippen LogP contribution in [-0.4, -0.2) is 17.0 Å². The van der Waals surface area contributed by atoms with Crippen molar-refractivity contribution < 1.29 is 14.7 Å². The number of rotatable bonds is 4. The molecule has 0 unspecified atom stereocenters. The van der Waals surface area contributed by atoms with Crippen molar-refractivity contribution in [1.29, 1.82) is 0 Å². The lowest BCUT2D eigenvalue weighted by molar-refractivity contribution is -0.119. The first kappa shape index (κ1) is 12.7. The molecule has 0 fully saturated rings. The first-order chi connectivity index (χ1) is 7.54. The predicted molar refractivity (Wildman–Crippen MR) is 63.6 cm³/mol. The van der Waals surface area contributed by atoms with Gasteiger partial charge in [-0.1, -0.05) is 28.1 Å². The molecular weight excluding hydrogens is 274 g/mol. The smallest absolute Gasteiger partial charge is 0.336 e. The standard InChI is InChI=1S/C11H12BrNO3/c1-7(14)13-6-9-3-2-8(5-12)4-10(9)11(15)16/h2-4H,5-6H2,1H3,(H,13,14)(H,15,16). The van der Waals surface area contributed by atoms with Crippen LogP contribution in [0.3, 0.4) is 0 Å². The van der Waals surface area contributed by atoms with E-state index in [9.17, 15) is 9.59 Å². The molecule has 86 valence electrons. The molecule has 0 radical (unpaired) electrons. The second-order valence-corrected chi connectivity index (χ2v) is 3.90. The highest BCUT2D eigenvalue weighted by molar-refractivity contribution is 9.08. The van der Waals surface area contributed by atoms with Gasteiger partial charge in [-0.3, -0.25) is 4.79 Å². The van der Waals surface area contributed by atoms with Gasteiger partial charge in [0.2, 0.25) is 5.91 Å². The van der Waals surface area contributed by atoms with Gasteiger partial charge in [-0.2, -0.15) is 0 Å². The van der Waals surface area contributed by atoms with E-state index < -0.39 is 5.97 Å². The number of carbonyl (C=O) groups excluding carboxylic acids is 1. The zero-order valence-electron chi connectivity index (χ0n) is 8.79. The second kappa shape index (κ2) is 5.65. The quantitative estimate of drug-likeness (QED) is 0.831. The summed E-state index contributed by atoms with van der Waals surface area (Å²) in [7, 11) is 0. The van der Waals surface area contributed by atoms with E-state index in [1.54, 1.807) is 12.1 Å². The van der Waals surface area contributed by atoms with E-state index in [1.165, 1.54) is 6.92 Å². The van der Waals surface area contributed by atoms with E-state index in [4.69, 9.17) is 5.11 Å². The fourth-order valence-corrected chi connectivity index (χ4v) is 1.63. The minimum absolute atomic E-state index is 0.180. The molecule has 0 saturated carbocycles. The van der Waals surface area contributed by atoms with Crippen molar-refractivity contribution in [2.24, 2.45) is 0 Å². The Morgan fingerprint density at radius 2 is 2.12 bits per heavy atom. The number of halogens is 1. The van der Waals surface area contributed by atoms with Gasteiger partial charge in [0.15, 0.2) is 0 Å². The Morgan fingerprint density at radius 3 is 2.62 bits per heavy atom. The van der Waals surface area contributed by atoms with Crippen LogP contribution in [0.25, 0.3) is 0 Å². The number of carbonyl (C=O) groups is 2. The molecule has 0 aromatic heterocycles. The van der Waals surface area contributed by atoms with Gasteiger partial charge in [0.25, 0.3) is 0 Å². The molecule has 4 nitrogen and oxygen atoms in total. The highest BCUT2D eigenvalue weighted by Gasteiger charge is 2.10. The number of aromatic carboxylic acids is 1. The van der Waals surface area contributed by atoms with E-state index in [2.05, 4.69) is 21.2 Å². The van der Waals surface area contributed by atoms with Crippen LogP contribution in [0.4, 0.5) is 0 Å². The molecule has 0 heterocycles. The summed E-state index contributed by atoms with van der Waals surface area (Å²) in [5, 5.41) is 12.2. The van der Waals surface area contributed by atoms with Crippen molar-refractivity contribution in [2.75, 3.05) is 0 Å². The fraction of sp³-hybridized carbons (Fsp3) is 0.273. The van der Waals surface area contributed by atoms with Crippen LogP contribution < -0.4 is 5.32 Å². The van der Waals surface area contributed by atoms with Crippen LogP contribution in [0, 0.1) is 0 Å². The van der Waals surface area contributed by atoms with Gasteiger partial charge >= 0.3 is 5.97 Å². The summed E-state index contributed by atoms with van der Waals surface area (Å²) in [6.07, 6.45) is 0. The maximum atomic E-state index is 11.0.